The fourth-order valence-electron chi connectivity index (χ4n) is 4.44. The summed E-state index contributed by atoms with van der Waals surface area (Å²) in [5.74, 6) is 1.62. The van der Waals surface area contributed by atoms with Crippen LogP contribution in [0.5, 0.6) is 0 Å². The summed E-state index contributed by atoms with van der Waals surface area (Å²) in [6.07, 6.45) is 4.94. The molecule has 0 radical (unpaired) electrons. The van der Waals surface area contributed by atoms with Gasteiger partial charge in [0.1, 0.15) is 22.9 Å². The van der Waals surface area contributed by atoms with E-state index in [0.29, 0.717) is 5.92 Å². The van der Waals surface area contributed by atoms with Gasteiger partial charge >= 0.3 is 0 Å². The highest BCUT2D eigenvalue weighted by molar-refractivity contribution is 8.01. The number of piperidine rings is 1. The molecule has 4 aliphatic heterocycles. The van der Waals surface area contributed by atoms with Crippen molar-refractivity contribution in [2.75, 3.05) is 31.1 Å². The van der Waals surface area contributed by atoms with Gasteiger partial charge in [0.05, 0.1) is 6.04 Å². The molecule has 0 aliphatic carbocycles. The summed E-state index contributed by atoms with van der Waals surface area (Å²) < 4.78 is 0. The molecule has 0 aromatic heterocycles. The van der Waals surface area contributed by atoms with E-state index in [1.54, 1.807) is 18.1 Å². The van der Waals surface area contributed by atoms with Crippen LogP contribution in [-0.2, 0) is 11.2 Å². The van der Waals surface area contributed by atoms with Crippen molar-refractivity contribution >= 4 is 35.5 Å². The van der Waals surface area contributed by atoms with E-state index in [1.807, 2.05) is 0 Å². The van der Waals surface area contributed by atoms with Crippen molar-refractivity contribution in [3.05, 3.63) is 29.8 Å². The maximum absolute atomic E-state index is 12.7. The average molecular weight is 399 g/mol. The average Bonchev–Trinajstić information content (AvgIpc) is 3.37. The van der Waals surface area contributed by atoms with E-state index in [1.165, 1.54) is 11.3 Å². The molecule has 7 nitrogen and oxygen atoms in total. The second-order valence-corrected chi connectivity index (χ2v) is 9.00. The molecule has 1 aromatic carbocycles. The number of amidine groups is 1. The van der Waals surface area contributed by atoms with Crippen molar-refractivity contribution in [1.29, 1.82) is 0 Å². The fourth-order valence-corrected chi connectivity index (χ4v) is 5.63. The Bertz CT molecular complexity index is 806. The van der Waals surface area contributed by atoms with Crippen molar-refractivity contribution < 1.29 is 4.79 Å². The van der Waals surface area contributed by atoms with Crippen LogP contribution in [0.1, 0.15) is 18.4 Å². The summed E-state index contributed by atoms with van der Waals surface area (Å²) >= 11 is 1.59. The van der Waals surface area contributed by atoms with Gasteiger partial charge in [-0.15, -0.1) is 11.8 Å². The standard InChI is InChI=1S/C20H26N6OS/c27-18(22-11-13-5-8-21-9-6-13)20-25-16-17(23-12-24-19(16)28-20)26-10-7-14-3-1-2-4-15(14)26/h1-4,12-13,16,19-21,25H,5-11H2,(H,22,27). The molecule has 28 heavy (non-hydrogen) atoms. The van der Waals surface area contributed by atoms with Gasteiger partial charge < -0.3 is 15.5 Å². The second-order valence-electron chi connectivity index (χ2n) is 7.77. The molecule has 4 aliphatic rings. The number of para-hydroxylation sites is 1. The lowest BCUT2D eigenvalue weighted by Crippen LogP contribution is -2.52. The quantitative estimate of drug-likeness (QED) is 0.707. The minimum absolute atomic E-state index is 0.00473. The smallest absolute Gasteiger partial charge is 0.247 e. The van der Waals surface area contributed by atoms with E-state index in [-0.39, 0.29) is 22.7 Å². The van der Waals surface area contributed by atoms with Crippen molar-refractivity contribution in [3.63, 3.8) is 0 Å². The highest BCUT2D eigenvalue weighted by atomic mass is 32.2. The topological polar surface area (TPSA) is 81.1 Å². The van der Waals surface area contributed by atoms with E-state index < -0.39 is 0 Å². The van der Waals surface area contributed by atoms with Gasteiger partial charge in [-0.2, -0.15) is 0 Å². The van der Waals surface area contributed by atoms with E-state index >= 15 is 0 Å². The zero-order valence-electron chi connectivity index (χ0n) is 15.8. The van der Waals surface area contributed by atoms with Crippen molar-refractivity contribution in [2.45, 2.75) is 36.1 Å². The Morgan fingerprint density at radius 2 is 2.14 bits per heavy atom. The zero-order valence-corrected chi connectivity index (χ0v) is 16.6. The number of hydrogen-bond donors (Lipinski definition) is 3. The lowest BCUT2D eigenvalue weighted by molar-refractivity contribution is -0.121. The largest absolute Gasteiger partial charge is 0.354 e. The number of carbonyl (C=O) groups is 1. The number of nitrogens with zero attached hydrogens (tertiary/aromatic N) is 3. The lowest BCUT2D eigenvalue weighted by Gasteiger charge is -2.29. The van der Waals surface area contributed by atoms with E-state index in [0.717, 1.165) is 51.3 Å². The third kappa shape index (κ3) is 3.44. The monoisotopic (exact) mass is 398 g/mol. The number of aliphatic imine (C=N–C) groups is 2. The first kappa shape index (κ1) is 18.1. The second kappa shape index (κ2) is 7.85. The molecule has 1 aromatic rings. The van der Waals surface area contributed by atoms with Gasteiger partial charge in [-0.05, 0) is 49.9 Å². The Kier molecular flexibility index (Phi) is 5.09. The van der Waals surface area contributed by atoms with Gasteiger partial charge in [0.15, 0.2) is 0 Å². The summed E-state index contributed by atoms with van der Waals surface area (Å²) in [6, 6.07) is 8.45. The number of hydrogen-bond acceptors (Lipinski definition) is 7. The van der Waals surface area contributed by atoms with Crippen LogP contribution < -0.4 is 20.9 Å². The SMILES string of the molecule is O=C(NCC1CCNCC1)C1NC2C(N3CCc4ccccc43)=NC=NC2S1. The molecule has 0 saturated carbocycles. The van der Waals surface area contributed by atoms with Crippen LogP contribution in [-0.4, -0.2) is 61.0 Å². The molecule has 1 amide bonds. The molecular weight excluding hydrogens is 372 g/mol. The number of thioether (sulfide) groups is 1. The molecule has 3 N–H and O–H groups in total. The maximum atomic E-state index is 12.7. The maximum Gasteiger partial charge on any atom is 0.247 e. The van der Waals surface area contributed by atoms with Gasteiger partial charge in [0.2, 0.25) is 5.91 Å². The number of amides is 1. The third-order valence-corrected chi connectivity index (χ3v) is 7.29. The Hall–Kier alpha value is -1.90. The summed E-state index contributed by atoms with van der Waals surface area (Å²) in [4.78, 5) is 24.1. The molecule has 4 heterocycles. The van der Waals surface area contributed by atoms with Crippen molar-refractivity contribution in [3.8, 4) is 0 Å². The fraction of sp³-hybridized carbons (Fsp3) is 0.550. The predicted octanol–water partition coefficient (Wildman–Crippen LogP) is 0.963. The summed E-state index contributed by atoms with van der Waals surface area (Å²) in [7, 11) is 0. The summed E-state index contributed by atoms with van der Waals surface area (Å²) in [6.45, 7) is 3.78. The minimum Gasteiger partial charge on any atom is -0.354 e. The van der Waals surface area contributed by atoms with Crippen LogP contribution in [0.2, 0.25) is 0 Å². The first-order valence-corrected chi connectivity index (χ1v) is 11.1. The molecule has 2 saturated heterocycles. The van der Waals surface area contributed by atoms with Crippen LogP contribution in [0.25, 0.3) is 0 Å². The van der Waals surface area contributed by atoms with Gasteiger partial charge in [0.25, 0.3) is 0 Å². The zero-order chi connectivity index (χ0) is 18.9. The normalized spacial score (nSPS) is 29.4. The Morgan fingerprint density at radius 1 is 1.29 bits per heavy atom. The van der Waals surface area contributed by atoms with Crippen molar-refractivity contribution in [2.24, 2.45) is 15.9 Å². The van der Waals surface area contributed by atoms with Crippen LogP contribution >= 0.6 is 11.8 Å². The molecule has 0 bridgehead atoms. The Morgan fingerprint density at radius 3 is 3.04 bits per heavy atom. The number of anilines is 1. The lowest BCUT2D eigenvalue weighted by atomic mass is 9.98. The molecule has 148 valence electrons. The van der Waals surface area contributed by atoms with Gasteiger partial charge in [-0.25, -0.2) is 4.99 Å². The number of benzene rings is 1. The molecule has 0 spiro atoms. The van der Waals surface area contributed by atoms with Crippen LogP contribution in [0.15, 0.2) is 34.3 Å². The molecular formula is C20H26N6OS. The first-order chi connectivity index (χ1) is 13.8. The highest BCUT2D eigenvalue weighted by Crippen LogP contribution is 2.35. The highest BCUT2D eigenvalue weighted by Gasteiger charge is 2.44. The minimum atomic E-state index is -0.282. The van der Waals surface area contributed by atoms with E-state index in [4.69, 9.17) is 0 Å². The summed E-state index contributed by atoms with van der Waals surface area (Å²) in [5.41, 5.74) is 2.58. The van der Waals surface area contributed by atoms with Crippen LogP contribution in [0.3, 0.4) is 0 Å². The van der Waals surface area contributed by atoms with Gasteiger partial charge in [-0.3, -0.25) is 15.1 Å². The molecule has 8 heteroatoms. The molecule has 5 rings (SSSR count). The molecule has 3 atom stereocenters. The van der Waals surface area contributed by atoms with Crippen molar-refractivity contribution in [1.82, 2.24) is 16.0 Å². The number of rotatable bonds is 3. The summed E-state index contributed by atoms with van der Waals surface area (Å²) in [5, 5.41) is 9.72. The molecule has 2 fully saturated rings. The van der Waals surface area contributed by atoms with E-state index in [2.05, 4.69) is 55.1 Å². The van der Waals surface area contributed by atoms with Gasteiger partial charge in [0, 0.05) is 18.8 Å². The number of nitrogens with one attached hydrogen (secondary N) is 3. The number of carbonyl (C=O) groups excluding carboxylic acids is 1. The van der Waals surface area contributed by atoms with Gasteiger partial charge in [-0.1, -0.05) is 18.2 Å². The molecule has 3 unspecified atom stereocenters. The van der Waals surface area contributed by atoms with Crippen LogP contribution in [0.4, 0.5) is 5.69 Å². The van der Waals surface area contributed by atoms with Crippen LogP contribution in [0, 0.1) is 5.92 Å². The first-order valence-electron chi connectivity index (χ1n) is 10.1. The number of fused-ring (bicyclic) bond motifs is 2. The Labute approximate surface area is 169 Å². The van der Waals surface area contributed by atoms with E-state index in [9.17, 15) is 4.79 Å². The Balaban J connectivity index is 1.24. The predicted molar refractivity (Wildman–Crippen MR) is 114 cm³/mol. The third-order valence-electron chi connectivity index (χ3n) is 6.00.